The van der Waals surface area contributed by atoms with Gasteiger partial charge in [-0.25, -0.2) is 4.79 Å². The van der Waals surface area contributed by atoms with E-state index in [9.17, 15) is 4.79 Å². The average molecular weight is 253 g/mol. The molecule has 100 valence electrons. The molecule has 7 nitrogen and oxygen atoms in total. The lowest BCUT2D eigenvalue weighted by atomic mass is 10.2. The number of nitrogens with one attached hydrogen (secondary N) is 1. The van der Waals surface area contributed by atoms with Crippen LogP contribution in [0.2, 0.25) is 0 Å². The summed E-state index contributed by atoms with van der Waals surface area (Å²) in [5.74, 6) is 0.740. The van der Waals surface area contributed by atoms with Crippen molar-refractivity contribution in [3.05, 3.63) is 12.2 Å². The maximum absolute atomic E-state index is 12.1. The summed E-state index contributed by atoms with van der Waals surface area (Å²) in [5, 5.41) is 10.7. The molecule has 1 fully saturated rings. The Kier molecular flexibility index (Phi) is 3.81. The van der Waals surface area contributed by atoms with Crippen molar-refractivity contribution in [2.75, 3.05) is 19.8 Å². The first-order valence-electron chi connectivity index (χ1n) is 6.08. The molecule has 0 saturated carbocycles. The van der Waals surface area contributed by atoms with Crippen LogP contribution in [0.4, 0.5) is 4.79 Å². The number of amides is 2. The number of carbonyl (C=O) groups is 1. The van der Waals surface area contributed by atoms with Gasteiger partial charge in [0, 0.05) is 13.6 Å². The fraction of sp³-hybridized carbons (Fsp3) is 0.727. The van der Waals surface area contributed by atoms with Gasteiger partial charge in [0.15, 0.2) is 5.82 Å². The predicted molar refractivity (Wildman–Crippen MR) is 64.9 cm³/mol. The molecule has 1 aromatic heterocycles. The molecule has 1 saturated heterocycles. The smallest absolute Gasteiger partial charge is 0.318 e. The van der Waals surface area contributed by atoms with Crippen molar-refractivity contribution in [3.63, 3.8) is 0 Å². The van der Waals surface area contributed by atoms with E-state index in [1.807, 2.05) is 20.9 Å². The topological polar surface area (TPSA) is 72.3 Å². The van der Waals surface area contributed by atoms with Crippen LogP contribution in [-0.2, 0) is 11.8 Å². The third kappa shape index (κ3) is 2.61. The van der Waals surface area contributed by atoms with Crippen LogP contribution in [0.5, 0.6) is 0 Å². The molecule has 1 aromatic rings. The first-order valence-corrected chi connectivity index (χ1v) is 6.08. The Morgan fingerprint density at radius 2 is 2.44 bits per heavy atom. The highest BCUT2D eigenvalue weighted by molar-refractivity contribution is 5.75. The van der Waals surface area contributed by atoms with E-state index in [-0.39, 0.29) is 18.1 Å². The number of nitrogens with zero attached hydrogens (tertiary/aromatic N) is 4. The lowest BCUT2D eigenvalue weighted by molar-refractivity contribution is 0.0184. The number of rotatable bonds is 2. The van der Waals surface area contributed by atoms with Crippen molar-refractivity contribution in [2.45, 2.75) is 25.9 Å². The molecule has 0 aliphatic carbocycles. The summed E-state index contributed by atoms with van der Waals surface area (Å²) in [6.45, 7) is 5.68. The molecule has 18 heavy (non-hydrogen) atoms. The Morgan fingerprint density at radius 3 is 3.06 bits per heavy atom. The number of aromatic nitrogens is 3. The number of hydrogen-bond donors (Lipinski definition) is 1. The highest BCUT2D eigenvalue weighted by Gasteiger charge is 2.25. The normalized spacial score (nSPS) is 21.7. The van der Waals surface area contributed by atoms with Crippen LogP contribution >= 0.6 is 0 Å². The molecule has 2 amide bonds. The molecular formula is C11H19N5O2. The van der Waals surface area contributed by atoms with Crippen molar-refractivity contribution in [3.8, 4) is 0 Å². The average Bonchev–Trinajstić information content (AvgIpc) is 2.76. The standard InChI is InChI=1S/C11H19N5O2/c1-8-6-18-5-4-16(8)11(17)13-9(2)10-14-12-7-15(10)3/h7-9H,4-6H2,1-3H3,(H,13,17)/t8-,9+/m0/s1. The Bertz CT molecular complexity index is 419. The molecule has 0 radical (unpaired) electrons. The lowest BCUT2D eigenvalue weighted by Crippen LogP contribution is -2.51. The van der Waals surface area contributed by atoms with Gasteiger partial charge in [0.05, 0.1) is 25.3 Å². The second-order valence-corrected chi connectivity index (χ2v) is 4.59. The van der Waals surface area contributed by atoms with E-state index in [0.29, 0.717) is 19.8 Å². The van der Waals surface area contributed by atoms with Crippen LogP contribution in [0.1, 0.15) is 25.7 Å². The lowest BCUT2D eigenvalue weighted by Gasteiger charge is -2.34. The minimum atomic E-state index is -0.167. The number of carbonyl (C=O) groups excluding carboxylic acids is 1. The van der Waals surface area contributed by atoms with Crippen LogP contribution in [0.3, 0.4) is 0 Å². The summed E-state index contributed by atoms with van der Waals surface area (Å²) in [6, 6.07) is -0.146. The Hall–Kier alpha value is -1.63. The van der Waals surface area contributed by atoms with E-state index in [0.717, 1.165) is 5.82 Å². The third-order valence-corrected chi connectivity index (χ3v) is 3.10. The van der Waals surface area contributed by atoms with E-state index >= 15 is 0 Å². The number of ether oxygens (including phenoxy) is 1. The first kappa shape index (κ1) is 12.8. The second-order valence-electron chi connectivity index (χ2n) is 4.59. The van der Waals surface area contributed by atoms with Gasteiger partial charge in [-0.1, -0.05) is 0 Å². The van der Waals surface area contributed by atoms with Crippen molar-refractivity contribution in [2.24, 2.45) is 7.05 Å². The fourth-order valence-corrected chi connectivity index (χ4v) is 2.05. The zero-order valence-corrected chi connectivity index (χ0v) is 11.0. The SMILES string of the molecule is C[C@@H](NC(=O)N1CCOC[C@@H]1C)c1nncn1C. The fourth-order valence-electron chi connectivity index (χ4n) is 2.05. The molecule has 0 bridgehead atoms. The molecular weight excluding hydrogens is 234 g/mol. The predicted octanol–water partition coefficient (Wildman–Crippen LogP) is 0.306. The molecule has 0 unspecified atom stereocenters. The zero-order chi connectivity index (χ0) is 13.1. The van der Waals surface area contributed by atoms with Crippen molar-refractivity contribution >= 4 is 6.03 Å². The van der Waals surface area contributed by atoms with Crippen LogP contribution < -0.4 is 5.32 Å². The maximum Gasteiger partial charge on any atom is 0.318 e. The van der Waals surface area contributed by atoms with Gasteiger partial charge in [0.1, 0.15) is 6.33 Å². The van der Waals surface area contributed by atoms with Crippen LogP contribution in [-0.4, -0.2) is 51.5 Å². The van der Waals surface area contributed by atoms with Crippen LogP contribution in [0.25, 0.3) is 0 Å². The van der Waals surface area contributed by atoms with Crippen molar-refractivity contribution < 1.29 is 9.53 Å². The summed E-state index contributed by atoms with van der Waals surface area (Å²) < 4.78 is 7.11. The van der Waals surface area contributed by atoms with E-state index in [2.05, 4.69) is 15.5 Å². The summed E-state index contributed by atoms with van der Waals surface area (Å²) in [6.07, 6.45) is 1.62. The quantitative estimate of drug-likeness (QED) is 0.823. The van der Waals surface area contributed by atoms with Crippen molar-refractivity contribution in [1.82, 2.24) is 25.0 Å². The van der Waals surface area contributed by atoms with E-state index < -0.39 is 0 Å². The van der Waals surface area contributed by atoms with E-state index in [1.54, 1.807) is 15.8 Å². The summed E-state index contributed by atoms with van der Waals surface area (Å²) in [4.78, 5) is 13.9. The highest BCUT2D eigenvalue weighted by atomic mass is 16.5. The summed E-state index contributed by atoms with van der Waals surface area (Å²) >= 11 is 0. The maximum atomic E-state index is 12.1. The van der Waals surface area contributed by atoms with Gasteiger partial charge in [-0.2, -0.15) is 0 Å². The first-order chi connectivity index (χ1) is 8.59. The van der Waals surface area contributed by atoms with Gasteiger partial charge < -0.3 is 19.5 Å². The molecule has 0 spiro atoms. The molecule has 2 heterocycles. The monoisotopic (exact) mass is 253 g/mol. The zero-order valence-electron chi connectivity index (χ0n) is 11.0. The minimum absolute atomic E-state index is 0.0821. The Morgan fingerprint density at radius 1 is 1.67 bits per heavy atom. The molecule has 1 aliphatic heterocycles. The molecule has 2 rings (SSSR count). The van der Waals surface area contributed by atoms with E-state index in [4.69, 9.17) is 4.74 Å². The number of hydrogen-bond acceptors (Lipinski definition) is 4. The summed E-state index contributed by atoms with van der Waals surface area (Å²) in [7, 11) is 1.86. The van der Waals surface area contributed by atoms with Crippen LogP contribution in [0.15, 0.2) is 6.33 Å². The van der Waals surface area contributed by atoms with Gasteiger partial charge in [-0.3, -0.25) is 0 Å². The number of aryl methyl sites for hydroxylation is 1. The molecule has 7 heteroatoms. The highest BCUT2D eigenvalue weighted by Crippen LogP contribution is 2.11. The van der Waals surface area contributed by atoms with E-state index in [1.165, 1.54) is 0 Å². The summed E-state index contributed by atoms with van der Waals surface area (Å²) in [5.41, 5.74) is 0. The van der Waals surface area contributed by atoms with Gasteiger partial charge in [0.2, 0.25) is 0 Å². The Labute approximate surface area is 106 Å². The van der Waals surface area contributed by atoms with Gasteiger partial charge >= 0.3 is 6.03 Å². The molecule has 1 aliphatic rings. The molecule has 0 aromatic carbocycles. The van der Waals surface area contributed by atoms with Gasteiger partial charge in [-0.05, 0) is 13.8 Å². The number of morpholine rings is 1. The van der Waals surface area contributed by atoms with Gasteiger partial charge in [0.25, 0.3) is 0 Å². The second kappa shape index (κ2) is 5.34. The Balaban J connectivity index is 1.96. The third-order valence-electron chi connectivity index (χ3n) is 3.10. The van der Waals surface area contributed by atoms with Crippen LogP contribution in [0, 0.1) is 0 Å². The molecule has 1 N–H and O–H groups in total. The largest absolute Gasteiger partial charge is 0.377 e. The van der Waals surface area contributed by atoms with Crippen molar-refractivity contribution in [1.29, 1.82) is 0 Å². The number of urea groups is 1. The molecule has 2 atom stereocenters. The van der Waals surface area contributed by atoms with Gasteiger partial charge in [-0.15, -0.1) is 10.2 Å². The minimum Gasteiger partial charge on any atom is -0.377 e.